The van der Waals surface area contributed by atoms with Gasteiger partial charge in [0.1, 0.15) is 0 Å². The summed E-state index contributed by atoms with van der Waals surface area (Å²) in [5, 5.41) is 8.56. The molecule has 1 atom stereocenters. The zero-order valence-electron chi connectivity index (χ0n) is 7.73. The molecule has 0 radical (unpaired) electrons. The first-order chi connectivity index (χ1) is 6.18. The van der Waals surface area contributed by atoms with Crippen LogP contribution in [-0.4, -0.2) is 11.1 Å². The number of hydrogen-bond acceptors (Lipinski definition) is 1. The maximum absolute atomic E-state index is 10.4. The highest BCUT2D eigenvalue weighted by atomic mass is 16.4. The number of carboxylic acid groups (broad SMARTS) is 1. The van der Waals surface area contributed by atoms with E-state index in [0.717, 1.165) is 6.42 Å². The lowest BCUT2D eigenvalue weighted by Gasteiger charge is -2.07. The van der Waals surface area contributed by atoms with E-state index in [2.05, 4.69) is 0 Å². The Kier molecular flexibility index (Phi) is 3.50. The third-order valence-corrected chi connectivity index (χ3v) is 1.95. The molecule has 1 aromatic rings. The van der Waals surface area contributed by atoms with E-state index in [1.807, 2.05) is 37.3 Å². The molecule has 0 aliphatic carbocycles. The fraction of sp³-hybridized carbons (Fsp3) is 0.364. The molecule has 0 spiro atoms. The second-order valence-electron chi connectivity index (χ2n) is 3.39. The van der Waals surface area contributed by atoms with Gasteiger partial charge in [0.05, 0.1) is 0 Å². The van der Waals surface area contributed by atoms with E-state index in [1.54, 1.807) is 0 Å². The number of carbonyl (C=O) groups is 1. The number of rotatable bonds is 4. The molecule has 0 heterocycles. The highest BCUT2D eigenvalue weighted by Gasteiger charge is 2.07. The minimum absolute atomic E-state index is 0.208. The Morgan fingerprint density at radius 2 is 2.00 bits per heavy atom. The minimum atomic E-state index is -0.719. The highest BCUT2D eigenvalue weighted by molar-refractivity contribution is 5.67. The summed E-state index contributed by atoms with van der Waals surface area (Å²) in [6, 6.07) is 9.97. The van der Waals surface area contributed by atoms with E-state index in [-0.39, 0.29) is 12.3 Å². The van der Waals surface area contributed by atoms with Gasteiger partial charge < -0.3 is 5.11 Å². The van der Waals surface area contributed by atoms with Crippen molar-refractivity contribution >= 4 is 5.97 Å². The van der Waals surface area contributed by atoms with Gasteiger partial charge in [0.15, 0.2) is 0 Å². The van der Waals surface area contributed by atoms with Gasteiger partial charge in [-0.15, -0.1) is 0 Å². The van der Waals surface area contributed by atoms with Gasteiger partial charge >= 0.3 is 5.97 Å². The molecule has 1 rings (SSSR count). The normalized spacial score (nSPS) is 12.4. The van der Waals surface area contributed by atoms with Crippen molar-refractivity contribution in [1.82, 2.24) is 0 Å². The Hall–Kier alpha value is -1.31. The Labute approximate surface area is 78.2 Å². The summed E-state index contributed by atoms with van der Waals surface area (Å²) >= 11 is 0. The van der Waals surface area contributed by atoms with E-state index in [4.69, 9.17) is 5.11 Å². The Balaban J connectivity index is 2.45. The summed E-state index contributed by atoms with van der Waals surface area (Å²) in [7, 11) is 0. The van der Waals surface area contributed by atoms with Crippen LogP contribution in [0.3, 0.4) is 0 Å². The van der Waals surface area contributed by atoms with E-state index < -0.39 is 5.97 Å². The summed E-state index contributed by atoms with van der Waals surface area (Å²) in [6.07, 6.45) is 1.09. The van der Waals surface area contributed by atoms with E-state index in [0.29, 0.717) is 0 Å². The van der Waals surface area contributed by atoms with Crippen molar-refractivity contribution in [1.29, 1.82) is 0 Å². The molecule has 1 aromatic carbocycles. The third-order valence-electron chi connectivity index (χ3n) is 1.95. The number of benzene rings is 1. The van der Waals surface area contributed by atoms with E-state index >= 15 is 0 Å². The molecule has 0 fully saturated rings. The van der Waals surface area contributed by atoms with Crippen LogP contribution in [0, 0.1) is 5.92 Å². The smallest absolute Gasteiger partial charge is 0.303 e. The van der Waals surface area contributed by atoms with Crippen LogP contribution in [0.1, 0.15) is 18.9 Å². The first kappa shape index (κ1) is 9.78. The van der Waals surface area contributed by atoms with Crippen LogP contribution in [-0.2, 0) is 11.2 Å². The molecule has 2 nitrogen and oxygen atoms in total. The van der Waals surface area contributed by atoms with Crippen molar-refractivity contribution < 1.29 is 9.90 Å². The maximum Gasteiger partial charge on any atom is 0.303 e. The van der Waals surface area contributed by atoms with Gasteiger partial charge in [0.2, 0.25) is 0 Å². The lowest BCUT2D eigenvalue weighted by Crippen LogP contribution is -2.06. The van der Waals surface area contributed by atoms with Gasteiger partial charge in [-0.3, -0.25) is 4.79 Å². The van der Waals surface area contributed by atoms with Crippen LogP contribution in [0.5, 0.6) is 0 Å². The van der Waals surface area contributed by atoms with Gasteiger partial charge in [0.25, 0.3) is 0 Å². The predicted molar refractivity (Wildman–Crippen MR) is 51.6 cm³/mol. The lowest BCUT2D eigenvalue weighted by atomic mass is 9.98. The molecular formula is C11H14O2. The molecule has 1 N–H and O–H groups in total. The average Bonchev–Trinajstić information content (AvgIpc) is 2.04. The van der Waals surface area contributed by atoms with Crippen molar-refractivity contribution in [2.45, 2.75) is 19.8 Å². The van der Waals surface area contributed by atoms with E-state index in [9.17, 15) is 4.79 Å². The SMILES string of the molecule is C[C@@H](CC(=O)O)Cc1ccccc1. The third kappa shape index (κ3) is 3.74. The summed E-state index contributed by atoms with van der Waals surface area (Å²) in [4.78, 5) is 10.4. The van der Waals surface area contributed by atoms with Gasteiger partial charge in [0, 0.05) is 6.42 Å². The number of hydrogen-bond donors (Lipinski definition) is 1. The second kappa shape index (κ2) is 4.65. The lowest BCUT2D eigenvalue weighted by molar-refractivity contribution is -0.137. The predicted octanol–water partition coefficient (Wildman–Crippen LogP) is 2.34. The van der Waals surface area contributed by atoms with Crippen molar-refractivity contribution in [3.63, 3.8) is 0 Å². The molecular weight excluding hydrogens is 164 g/mol. The minimum Gasteiger partial charge on any atom is -0.481 e. The summed E-state index contributed by atoms with van der Waals surface area (Å²) < 4.78 is 0. The van der Waals surface area contributed by atoms with Crippen LogP contribution >= 0.6 is 0 Å². The fourth-order valence-electron chi connectivity index (χ4n) is 1.39. The van der Waals surface area contributed by atoms with Crippen molar-refractivity contribution in [2.24, 2.45) is 5.92 Å². The molecule has 0 amide bonds. The Morgan fingerprint density at radius 1 is 1.38 bits per heavy atom. The van der Waals surface area contributed by atoms with Crippen LogP contribution in [0.25, 0.3) is 0 Å². The van der Waals surface area contributed by atoms with Gasteiger partial charge in [-0.2, -0.15) is 0 Å². The second-order valence-corrected chi connectivity index (χ2v) is 3.39. The Morgan fingerprint density at radius 3 is 2.54 bits per heavy atom. The zero-order chi connectivity index (χ0) is 9.68. The van der Waals surface area contributed by atoms with Gasteiger partial charge in [-0.25, -0.2) is 0 Å². The molecule has 0 aliphatic heterocycles. The zero-order valence-corrected chi connectivity index (χ0v) is 7.73. The molecule has 0 aliphatic rings. The van der Waals surface area contributed by atoms with E-state index in [1.165, 1.54) is 5.56 Å². The van der Waals surface area contributed by atoms with Gasteiger partial charge in [-0.1, -0.05) is 37.3 Å². The monoisotopic (exact) mass is 178 g/mol. The standard InChI is InChI=1S/C11H14O2/c1-9(8-11(12)13)7-10-5-3-2-4-6-10/h2-6,9H,7-8H2,1H3,(H,12,13)/t9-/m1/s1. The quantitative estimate of drug-likeness (QED) is 0.768. The summed E-state index contributed by atoms with van der Waals surface area (Å²) in [5.41, 5.74) is 1.20. The molecule has 0 unspecified atom stereocenters. The molecule has 2 heteroatoms. The van der Waals surface area contributed by atoms with Crippen molar-refractivity contribution in [2.75, 3.05) is 0 Å². The van der Waals surface area contributed by atoms with Crippen molar-refractivity contribution in [3.05, 3.63) is 35.9 Å². The van der Waals surface area contributed by atoms with Crippen LogP contribution in [0.2, 0.25) is 0 Å². The fourth-order valence-corrected chi connectivity index (χ4v) is 1.39. The average molecular weight is 178 g/mol. The molecule has 70 valence electrons. The summed E-state index contributed by atoms with van der Waals surface area (Å²) in [6.45, 7) is 1.96. The number of carboxylic acids is 1. The summed E-state index contributed by atoms with van der Waals surface area (Å²) in [5.74, 6) is -0.511. The number of aliphatic carboxylic acids is 1. The van der Waals surface area contributed by atoms with Gasteiger partial charge in [-0.05, 0) is 17.9 Å². The topological polar surface area (TPSA) is 37.3 Å². The van der Waals surface area contributed by atoms with Crippen molar-refractivity contribution in [3.8, 4) is 0 Å². The first-order valence-electron chi connectivity index (χ1n) is 4.44. The molecule has 0 saturated carbocycles. The van der Waals surface area contributed by atoms with Crippen LogP contribution in [0.4, 0.5) is 0 Å². The molecule has 0 aromatic heterocycles. The molecule has 13 heavy (non-hydrogen) atoms. The first-order valence-corrected chi connectivity index (χ1v) is 4.44. The van der Waals surface area contributed by atoms with Crippen LogP contribution in [0.15, 0.2) is 30.3 Å². The van der Waals surface area contributed by atoms with Crippen LogP contribution < -0.4 is 0 Å². The maximum atomic E-state index is 10.4. The molecule has 0 bridgehead atoms. The Bertz CT molecular complexity index is 267. The largest absolute Gasteiger partial charge is 0.481 e. The highest BCUT2D eigenvalue weighted by Crippen LogP contribution is 2.10. The molecule has 0 saturated heterocycles.